The van der Waals surface area contributed by atoms with Gasteiger partial charge in [-0.2, -0.15) is 0 Å². The summed E-state index contributed by atoms with van der Waals surface area (Å²) in [6, 6.07) is 5.75. The van der Waals surface area contributed by atoms with E-state index in [1.807, 2.05) is 59.7 Å². The zero-order chi connectivity index (χ0) is 18.8. The second kappa shape index (κ2) is 5.26. The molecule has 0 N–H and O–H groups in total. The van der Waals surface area contributed by atoms with Crippen molar-refractivity contribution in [3.63, 3.8) is 0 Å². The highest BCUT2D eigenvalue weighted by Gasteiger charge is 2.78. The van der Waals surface area contributed by atoms with Crippen LogP contribution in [0.2, 0.25) is 0 Å². The predicted molar refractivity (Wildman–Crippen MR) is 94.5 cm³/mol. The van der Waals surface area contributed by atoms with Crippen molar-refractivity contribution in [1.82, 2.24) is 0 Å². The molecule has 1 aromatic rings. The van der Waals surface area contributed by atoms with Crippen LogP contribution >= 0.6 is 0 Å². The third kappa shape index (κ3) is 2.03. The number of carbonyl (C=O) groups is 3. The summed E-state index contributed by atoms with van der Waals surface area (Å²) in [6.45, 7) is 11.5. The Labute approximate surface area is 148 Å². The number of esters is 1. The van der Waals surface area contributed by atoms with E-state index < -0.39 is 33.8 Å². The average molecular weight is 342 g/mol. The fraction of sp³-hybridized carbons (Fsp3) is 0.571. The predicted octanol–water partition coefficient (Wildman–Crippen LogP) is 3.99. The molecule has 0 aromatic heterocycles. The first-order chi connectivity index (χ1) is 11.5. The van der Waals surface area contributed by atoms with Crippen LogP contribution in [-0.4, -0.2) is 17.5 Å². The second-order valence-electron chi connectivity index (χ2n) is 8.61. The van der Waals surface area contributed by atoms with Crippen molar-refractivity contribution in [3.8, 4) is 5.75 Å². The van der Waals surface area contributed by atoms with Gasteiger partial charge in [0.05, 0.1) is 0 Å². The molecule has 1 aromatic carbocycles. The second-order valence-corrected chi connectivity index (χ2v) is 8.61. The van der Waals surface area contributed by atoms with Gasteiger partial charge < -0.3 is 4.74 Å². The molecule has 2 unspecified atom stereocenters. The number of fused-ring (bicyclic) bond motifs is 2. The zero-order valence-electron chi connectivity index (χ0n) is 15.9. The van der Waals surface area contributed by atoms with Gasteiger partial charge in [0.2, 0.25) is 11.6 Å². The number of aryl methyl sites for hydroxylation is 1. The number of benzene rings is 1. The van der Waals surface area contributed by atoms with Crippen molar-refractivity contribution in [2.75, 3.05) is 0 Å². The summed E-state index contributed by atoms with van der Waals surface area (Å²) in [5, 5.41) is 0. The minimum atomic E-state index is -1.36. The molecule has 3 rings (SSSR count). The fourth-order valence-corrected chi connectivity index (χ4v) is 4.62. The van der Waals surface area contributed by atoms with Crippen LogP contribution in [0, 0.1) is 23.2 Å². The summed E-state index contributed by atoms with van der Waals surface area (Å²) < 4.78 is 5.78. The van der Waals surface area contributed by atoms with E-state index in [2.05, 4.69) is 0 Å². The van der Waals surface area contributed by atoms with Crippen molar-refractivity contribution in [1.29, 1.82) is 0 Å². The first-order valence-electron chi connectivity index (χ1n) is 8.91. The summed E-state index contributed by atoms with van der Waals surface area (Å²) in [4.78, 5) is 38.5. The lowest BCUT2D eigenvalue weighted by Gasteiger charge is -2.36. The monoisotopic (exact) mass is 342 g/mol. The van der Waals surface area contributed by atoms with Crippen LogP contribution in [-0.2, 0) is 14.4 Å². The molecule has 2 saturated carbocycles. The zero-order valence-corrected chi connectivity index (χ0v) is 15.9. The van der Waals surface area contributed by atoms with Crippen molar-refractivity contribution < 1.29 is 19.1 Å². The van der Waals surface area contributed by atoms with E-state index in [4.69, 9.17) is 4.74 Å². The molecule has 25 heavy (non-hydrogen) atoms. The van der Waals surface area contributed by atoms with Gasteiger partial charge in [0.25, 0.3) is 0 Å². The normalized spacial score (nSPS) is 30.2. The van der Waals surface area contributed by atoms with Gasteiger partial charge in [-0.25, -0.2) is 0 Å². The minimum Gasteiger partial charge on any atom is -0.425 e. The Morgan fingerprint density at radius 3 is 2.24 bits per heavy atom. The number of ketones is 2. The Morgan fingerprint density at radius 2 is 1.72 bits per heavy atom. The van der Waals surface area contributed by atoms with Crippen molar-refractivity contribution in [2.45, 2.75) is 60.3 Å². The van der Waals surface area contributed by atoms with Crippen LogP contribution in [0.1, 0.15) is 64.5 Å². The highest BCUT2D eigenvalue weighted by atomic mass is 16.5. The van der Waals surface area contributed by atoms with E-state index >= 15 is 0 Å². The van der Waals surface area contributed by atoms with Gasteiger partial charge in [0, 0.05) is 10.8 Å². The van der Waals surface area contributed by atoms with Crippen molar-refractivity contribution in [3.05, 3.63) is 29.3 Å². The summed E-state index contributed by atoms with van der Waals surface area (Å²) >= 11 is 0. The van der Waals surface area contributed by atoms with Gasteiger partial charge in [0.1, 0.15) is 11.2 Å². The number of Topliss-reactive ketones (excluding diaryl/α,β-unsaturated/α-hetero) is 2. The minimum absolute atomic E-state index is 0.184. The largest absolute Gasteiger partial charge is 0.425 e. The molecule has 0 aliphatic heterocycles. The highest BCUT2D eigenvalue weighted by Crippen LogP contribution is 2.69. The molecule has 2 aliphatic rings. The van der Waals surface area contributed by atoms with Crippen LogP contribution in [0.4, 0.5) is 0 Å². The number of hydrogen-bond acceptors (Lipinski definition) is 4. The first-order valence-corrected chi connectivity index (χ1v) is 8.91. The topological polar surface area (TPSA) is 60.4 Å². The van der Waals surface area contributed by atoms with E-state index in [1.54, 1.807) is 0 Å². The average Bonchev–Trinajstić information content (AvgIpc) is 2.79. The van der Waals surface area contributed by atoms with Gasteiger partial charge in [-0.3, -0.25) is 14.4 Å². The van der Waals surface area contributed by atoms with Crippen LogP contribution in [0.5, 0.6) is 5.75 Å². The summed E-state index contributed by atoms with van der Waals surface area (Å²) in [5.41, 5.74) is -0.986. The highest BCUT2D eigenvalue weighted by molar-refractivity contribution is 6.48. The molecule has 4 nitrogen and oxygen atoms in total. The van der Waals surface area contributed by atoms with E-state index in [-0.39, 0.29) is 5.92 Å². The van der Waals surface area contributed by atoms with E-state index in [9.17, 15) is 14.4 Å². The fourth-order valence-electron chi connectivity index (χ4n) is 4.62. The molecule has 0 amide bonds. The van der Waals surface area contributed by atoms with Gasteiger partial charge in [-0.1, -0.05) is 46.8 Å². The maximum atomic E-state index is 13.2. The Balaban J connectivity index is 2.04. The Morgan fingerprint density at radius 1 is 1.08 bits per heavy atom. The van der Waals surface area contributed by atoms with Crippen LogP contribution in [0.15, 0.2) is 18.2 Å². The molecular formula is C21H26O4. The van der Waals surface area contributed by atoms with E-state index in [1.165, 1.54) is 0 Å². The molecule has 4 heteroatoms. The van der Waals surface area contributed by atoms with Gasteiger partial charge in [-0.15, -0.1) is 0 Å². The third-order valence-corrected chi connectivity index (χ3v) is 6.88. The number of hydrogen-bond donors (Lipinski definition) is 0. The van der Waals surface area contributed by atoms with Crippen LogP contribution < -0.4 is 4.74 Å². The summed E-state index contributed by atoms with van der Waals surface area (Å²) in [6.07, 6.45) is 0.924. The van der Waals surface area contributed by atoms with Gasteiger partial charge in [0.15, 0.2) is 0 Å². The molecule has 0 radical (unpaired) electrons. The standard InChI is InChI=1S/C21H26O4/c1-12(2)14-8-7-13(3)11-15(14)25-18(24)21-10-9-20(6,19(21,4)5)16(22)17(21)23/h7-8,11-12H,9-10H2,1-6H3. The molecule has 0 saturated heterocycles. The van der Waals surface area contributed by atoms with Gasteiger partial charge >= 0.3 is 5.97 Å². The molecule has 2 aliphatic carbocycles. The lowest BCUT2D eigenvalue weighted by atomic mass is 9.65. The molecule has 2 fully saturated rings. The maximum absolute atomic E-state index is 13.2. The van der Waals surface area contributed by atoms with Crippen molar-refractivity contribution >= 4 is 17.5 Å². The SMILES string of the molecule is Cc1ccc(C(C)C)c(OC(=O)C23CCC(C)(C(=O)C2=O)C3(C)C)c1. The van der Waals surface area contributed by atoms with Crippen LogP contribution in [0.25, 0.3) is 0 Å². The molecule has 134 valence electrons. The summed E-state index contributed by atoms with van der Waals surface area (Å²) in [7, 11) is 0. The van der Waals surface area contributed by atoms with Crippen LogP contribution in [0.3, 0.4) is 0 Å². The Bertz CT molecular complexity index is 789. The smallest absolute Gasteiger partial charge is 0.326 e. The number of ether oxygens (including phenoxy) is 1. The third-order valence-electron chi connectivity index (χ3n) is 6.88. The first kappa shape index (κ1) is 17.8. The van der Waals surface area contributed by atoms with Gasteiger partial charge in [-0.05, 0) is 42.9 Å². The molecule has 0 spiro atoms. The molecule has 2 atom stereocenters. The lowest BCUT2D eigenvalue weighted by molar-refractivity contribution is -0.157. The van der Waals surface area contributed by atoms with Crippen molar-refractivity contribution in [2.24, 2.45) is 16.2 Å². The Hall–Kier alpha value is -1.97. The quantitative estimate of drug-likeness (QED) is 0.361. The molecule has 2 bridgehead atoms. The van der Waals surface area contributed by atoms with E-state index in [0.29, 0.717) is 18.6 Å². The maximum Gasteiger partial charge on any atom is 0.326 e. The number of rotatable bonds is 3. The van der Waals surface area contributed by atoms with E-state index in [0.717, 1.165) is 11.1 Å². The number of carbonyl (C=O) groups excluding carboxylic acids is 3. The molecule has 0 heterocycles. The Kier molecular flexibility index (Phi) is 3.76. The lowest BCUT2D eigenvalue weighted by Crippen LogP contribution is -2.47. The molecular weight excluding hydrogens is 316 g/mol. The summed E-state index contributed by atoms with van der Waals surface area (Å²) in [5.74, 6) is -0.900.